The molecule has 0 unspecified atom stereocenters. The number of carbonyl (C=O) groups excluding carboxylic acids is 1. The predicted octanol–water partition coefficient (Wildman–Crippen LogP) is 3.20. The van der Waals surface area contributed by atoms with Crippen molar-refractivity contribution in [3.63, 3.8) is 0 Å². The Morgan fingerprint density at radius 1 is 1.22 bits per heavy atom. The monoisotopic (exact) mass is 406 g/mol. The van der Waals surface area contributed by atoms with Crippen LogP contribution in [0, 0.1) is 0 Å². The summed E-state index contributed by atoms with van der Waals surface area (Å²) < 4.78 is 0. The molecule has 0 radical (unpaired) electrons. The fourth-order valence-electron chi connectivity index (χ4n) is 2.17. The van der Waals surface area contributed by atoms with Gasteiger partial charge in [0.05, 0.1) is 11.3 Å². The number of anilines is 2. The van der Waals surface area contributed by atoms with Gasteiger partial charge >= 0.3 is 12.0 Å². The zero-order chi connectivity index (χ0) is 19.6. The normalized spacial score (nSPS) is 10.4. The van der Waals surface area contributed by atoms with Crippen LogP contribution in [-0.4, -0.2) is 32.2 Å². The van der Waals surface area contributed by atoms with Crippen LogP contribution in [0.25, 0.3) is 11.4 Å². The van der Waals surface area contributed by atoms with E-state index in [9.17, 15) is 19.5 Å². The molecule has 0 aliphatic heterocycles. The average molecular weight is 407 g/mol. The molecule has 0 aliphatic rings. The molecule has 0 bridgehead atoms. The molecule has 2 amide bonds. The van der Waals surface area contributed by atoms with Crippen molar-refractivity contribution in [3.8, 4) is 17.1 Å². The highest BCUT2D eigenvalue weighted by atomic mass is 35.5. The largest absolute Gasteiger partial charge is 0.501 e. The number of nitrogens with one attached hydrogen (secondary N) is 3. The van der Waals surface area contributed by atoms with E-state index >= 15 is 0 Å². The Labute approximate surface area is 160 Å². The van der Waals surface area contributed by atoms with E-state index in [0.717, 1.165) is 0 Å². The van der Waals surface area contributed by atoms with Gasteiger partial charge in [0.25, 0.3) is 5.56 Å². The van der Waals surface area contributed by atoms with Crippen LogP contribution in [0.1, 0.15) is 10.5 Å². The van der Waals surface area contributed by atoms with E-state index in [0.29, 0.717) is 22.0 Å². The summed E-state index contributed by atoms with van der Waals surface area (Å²) in [5.74, 6) is -2.65. The summed E-state index contributed by atoms with van der Waals surface area (Å²) in [6.07, 6.45) is 0. The van der Waals surface area contributed by atoms with Gasteiger partial charge < -0.3 is 25.8 Å². The molecule has 0 saturated carbocycles. The van der Waals surface area contributed by atoms with E-state index in [-0.39, 0.29) is 5.82 Å². The number of carboxylic acid groups (broad SMARTS) is 1. The third-order valence-corrected chi connectivity index (χ3v) is 4.32. The lowest BCUT2D eigenvalue weighted by molar-refractivity contribution is 0.0686. The second-order valence-corrected chi connectivity index (χ2v) is 6.39. The van der Waals surface area contributed by atoms with Crippen molar-refractivity contribution in [2.45, 2.75) is 0 Å². The summed E-state index contributed by atoms with van der Waals surface area (Å²) in [5, 5.41) is 27.3. The third-order valence-electron chi connectivity index (χ3n) is 3.35. The lowest BCUT2D eigenvalue weighted by Gasteiger charge is -2.09. The molecule has 5 N–H and O–H groups in total. The van der Waals surface area contributed by atoms with Crippen LogP contribution in [0.15, 0.2) is 39.8 Å². The Hall–Kier alpha value is -3.37. The third kappa shape index (κ3) is 4.07. The summed E-state index contributed by atoms with van der Waals surface area (Å²) in [7, 11) is 0. The number of thiophene rings is 1. The Bertz CT molecular complexity index is 1090. The Morgan fingerprint density at radius 3 is 2.70 bits per heavy atom. The molecular formula is C16H11ClN4O5S. The number of amides is 2. The van der Waals surface area contributed by atoms with Gasteiger partial charge in [-0.3, -0.25) is 4.79 Å². The van der Waals surface area contributed by atoms with Gasteiger partial charge in [0, 0.05) is 21.5 Å². The molecule has 9 nitrogen and oxygen atoms in total. The van der Waals surface area contributed by atoms with Gasteiger partial charge in [0.15, 0.2) is 5.69 Å². The molecule has 3 aromatic rings. The number of nitrogens with zero attached hydrogens (tertiary/aromatic N) is 1. The first-order chi connectivity index (χ1) is 12.8. The van der Waals surface area contributed by atoms with Gasteiger partial charge in [-0.15, -0.1) is 11.3 Å². The summed E-state index contributed by atoms with van der Waals surface area (Å²) in [6, 6.07) is 5.98. The van der Waals surface area contributed by atoms with Gasteiger partial charge in [-0.1, -0.05) is 17.7 Å². The van der Waals surface area contributed by atoms with E-state index in [4.69, 9.17) is 16.7 Å². The highest BCUT2D eigenvalue weighted by Gasteiger charge is 2.20. The minimum atomic E-state index is -1.55. The van der Waals surface area contributed by atoms with Crippen molar-refractivity contribution >= 4 is 46.3 Å². The zero-order valence-corrected chi connectivity index (χ0v) is 14.9. The second-order valence-electron chi connectivity index (χ2n) is 5.21. The lowest BCUT2D eigenvalue weighted by Crippen LogP contribution is -2.20. The number of carbonyl (C=O) groups is 2. The topological polar surface area (TPSA) is 144 Å². The predicted molar refractivity (Wildman–Crippen MR) is 101 cm³/mol. The number of aromatic carboxylic acids is 1. The van der Waals surface area contributed by atoms with Gasteiger partial charge in [-0.2, -0.15) is 0 Å². The molecule has 0 aliphatic carbocycles. The maximum atomic E-state index is 12.2. The number of aromatic amines is 1. The number of halogens is 1. The van der Waals surface area contributed by atoms with Crippen molar-refractivity contribution in [1.29, 1.82) is 0 Å². The van der Waals surface area contributed by atoms with Crippen molar-refractivity contribution in [2.24, 2.45) is 0 Å². The highest BCUT2D eigenvalue weighted by Crippen LogP contribution is 2.30. The Morgan fingerprint density at radius 2 is 2.00 bits per heavy atom. The van der Waals surface area contributed by atoms with Crippen molar-refractivity contribution in [3.05, 3.63) is 56.1 Å². The van der Waals surface area contributed by atoms with Crippen LogP contribution in [0.5, 0.6) is 5.75 Å². The zero-order valence-electron chi connectivity index (χ0n) is 13.3. The number of aromatic hydroxyl groups is 1. The van der Waals surface area contributed by atoms with Crippen LogP contribution in [-0.2, 0) is 0 Å². The smallest absolute Gasteiger partial charge is 0.358 e. The molecule has 0 saturated heterocycles. The van der Waals surface area contributed by atoms with E-state index in [2.05, 4.69) is 20.6 Å². The molecule has 138 valence electrons. The quantitative estimate of drug-likeness (QED) is 0.450. The van der Waals surface area contributed by atoms with E-state index in [1.54, 1.807) is 35.0 Å². The molecule has 1 aromatic carbocycles. The number of urea groups is 1. The summed E-state index contributed by atoms with van der Waals surface area (Å²) >= 11 is 7.06. The van der Waals surface area contributed by atoms with Gasteiger partial charge in [0.1, 0.15) is 5.82 Å². The van der Waals surface area contributed by atoms with Crippen LogP contribution in [0.3, 0.4) is 0 Å². The second kappa shape index (κ2) is 7.48. The molecule has 0 fully saturated rings. The van der Waals surface area contributed by atoms with E-state index in [1.807, 2.05) is 0 Å². The highest BCUT2D eigenvalue weighted by molar-refractivity contribution is 7.08. The number of hydrogen-bond donors (Lipinski definition) is 5. The minimum absolute atomic E-state index is 0.102. The average Bonchev–Trinajstić information content (AvgIpc) is 3.04. The van der Waals surface area contributed by atoms with Gasteiger partial charge in [-0.25, -0.2) is 14.6 Å². The SMILES string of the molecule is O=C(Nc1cccc(Cl)c1)Nc1cscc1-c1nc(C(=O)O)c(O)c(=O)[nH]1. The van der Waals surface area contributed by atoms with Crippen molar-refractivity contribution in [2.75, 3.05) is 10.6 Å². The standard InChI is InChI=1S/C16H11ClN4O5S/c17-7-2-1-3-8(4-7)18-16(26)19-10-6-27-5-9(10)13-20-11(15(24)25)12(22)14(23)21-13/h1-6,22H,(H,24,25)(H2,18,19,26)(H,20,21,23). The maximum Gasteiger partial charge on any atom is 0.358 e. The van der Waals surface area contributed by atoms with E-state index < -0.39 is 29.0 Å². The lowest BCUT2D eigenvalue weighted by atomic mass is 10.2. The molecule has 27 heavy (non-hydrogen) atoms. The number of rotatable bonds is 4. The number of benzene rings is 1. The van der Waals surface area contributed by atoms with Gasteiger partial charge in [0.2, 0.25) is 5.75 Å². The Kier molecular flexibility index (Phi) is 5.10. The van der Waals surface area contributed by atoms with Crippen LogP contribution >= 0.6 is 22.9 Å². The molecule has 11 heteroatoms. The minimum Gasteiger partial charge on any atom is -0.501 e. The van der Waals surface area contributed by atoms with Crippen molar-refractivity contribution in [1.82, 2.24) is 9.97 Å². The first-order valence-electron chi connectivity index (χ1n) is 7.32. The summed E-state index contributed by atoms with van der Waals surface area (Å²) in [5.41, 5.74) is -0.723. The van der Waals surface area contributed by atoms with E-state index in [1.165, 1.54) is 11.3 Å². The molecular weight excluding hydrogens is 396 g/mol. The van der Waals surface area contributed by atoms with Crippen LogP contribution in [0.2, 0.25) is 5.02 Å². The molecule has 0 spiro atoms. The summed E-state index contributed by atoms with van der Waals surface area (Å²) in [6.45, 7) is 0. The van der Waals surface area contributed by atoms with Crippen LogP contribution < -0.4 is 16.2 Å². The molecule has 3 rings (SSSR count). The first-order valence-corrected chi connectivity index (χ1v) is 8.64. The maximum absolute atomic E-state index is 12.2. The van der Waals surface area contributed by atoms with Crippen molar-refractivity contribution < 1.29 is 19.8 Å². The number of aromatic nitrogens is 2. The fraction of sp³-hybridized carbons (Fsp3) is 0. The first kappa shape index (κ1) is 18.4. The summed E-state index contributed by atoms with van der Waals surface area (Å²) in [4.78, 5) is 41.1. The molecule has 2 heterocycles. The number of carboxylic acids is 1. The number of H-pyrrole nitrogens is 1. The Balaban J connectivity index is 1.87. The number of hydrogen-bond acceptors (Lipinski definition) is 6. The molecule has 0 atom stereocenters. The van der Waals surface area contributed by atoms with Gasteiger partial charge in [-0.05, 0) is 18.2 Å². The molecule has 2 aromatic heterocycles. The van der Waals surface area contributed by atoms with Crippen LogP contribution in [0.4, 0.5) is 16.2 Å². The fourth-order valence-corrected chi connectivity index (χ4v) is 3.13.